The molecule has 1 aliphatic rings. The fourth-order valence-electron chi connectivity index (χ4n) is 2.16. The maximum absolute atomic E-state index is 12.3. The van der Waals surface area contributed by atoms with E-state index in [1.807, 2.05) is 0 Å². The van der Waals surface area contributed by atoms with E-state index >= 15 is 0 Å². The molecule has 1 saturated heterocycles. The topological polar surface area (TPSA) is 104 Å². The number of nitrogens with zero attached hydrogens (tertiary/aromatic N) is 1. The minimum absolute atomic E-state index is 0.00526. The Morgan fingerprint density at radius 1 is 1.42 bits per heavy atom. The zero-order chi connectivity index (χ0) is 14.2. The van der Waals surface area contributed by atoms with Crippen LogP contribution < -0.4 is 5.73 Å². The number of anilines is 1. The zero-order valence-electron chi connectivity index (χ0n) is 9.91. The Hall–Kier alpha value is -1.60. The van der Waals surface area contributed by atoms with Gasteiger partial charge in [0.2, 0.25) is 0 Å². The lowest BCUT2D eigenvalue weighted by Crippen LogP contribution is -2.40. The standard InChI is InChI=1S/C12H13BrN2O4/c13-6-1-2-8(9(14)3-6)11(17)15-5-7(16)4-10(15)12(18)19/h1-3,7,10,16H,4-5,14H2,(H,18,19)/t7?,10-/m0/s1. The van der Waals surface area contributed by atoms with Gasteiger partial charge < -0.3 is 20.8 Å². The summed E-state index contributed by atoms with van der Waals surface area (Å²) in [5.41, 5.74) is 6.27. The number of amides is 1. The molecule has 4 N–H and O–H groups in total. The van der Waals surface area contributed by atoms with Crippen molar-refractivity contribution in [3.63, 3.8) is 0 Å². The number of rotatable bonds is 2. The van der Waals surface area contributed by atoms with Crippen molar-refractivity contribution in [3.05, 3.63) is 28.2 Å². The van der Waals surface area contributed by atoms with Crippen molar-refractivity contribution in [1.29, 1.82) is 0 Å². The number of carboxylic acids is 1. The first-order valence-corrected chi connectivity index (χ1v) is 6.46. The molecule has 1 amide bonds. The molecule has 0 aromatic heterocycles. The number of nitrogens with two attached hydrogens (primary N) is 1. The molecule has 1 aromatic carbocycles. The summed E-state index contributed by atoms with van der Waals surface area (Å²) in [6.45, 7) is 0.00526. The molecule has 2 atom stereocenters. The average molecular weight is 329 g/mol. The highest BCUT2D eigenvalue weighted by Crippen LogP contribution is 2.25. The third-order valence-electron chi connectivity index (χ3n) is 3.07. The Bertz CT molecular complexity index is 534. The number of carboxylic acid groups (broad SMARTS) is 1. The highest BCUT2D eigenvalue weighted by Gasteiger charge is 2.39. The van der Waals surface area contributed by atoms with E-state index in [9.17, 15) is 14.7 Å². The maximum atomic E-state index is 12.3. The lowest BCUT2D eigenvalue weighted by atomic mass is 10.1. The Morgan fingerprint density at radius 2 is 2.11 bits per heavy atom. The number of hydrogen-bond donors (Lipinski definition) is 3. The van der Waals surface area contributed by atoms with Crippen LogP contribution in [-0.4, -0.2) is 45.7 Å². The van der Waals surface area contributed by atoms with E-state index in [1.54, 1.807) is 12.1 Å². The van der Waals surface area contributed by atoms with Crippen molar-refractivity contribution >= 4 is 33.5 Å². The van der Waals surface area contributed by atoms with Crippen LogP contribution in [0.4, 0.5) is 5.69 Å². The zero-order valence-corrected chi connectivity index (χ0v) is 11.5. The number of halogens is 1. The van der Waals surface area contributed by atoms with Crippen LogP contribution >= 0.6 is 15.9 Å². The summed E-state index contributed by atoms with van der Waals surface area (Å²) in [5, 5.41) is 18.6. The van der Waals surface area contributed by atoms with Crippen LogP contribution in [0.15, 0.2) is 22.7 Å². The van der Waals surface area contributed by atoms with Crippen LogP contribution in [0.3, 0.4) is 0 Å². The van der Waals surface area contributed by atoms with E-state index in [1.165, 1.54) is 6.07 Å². The van der Waals surface area contributed by atoms with Gasteiger partial charge in [0, 0.05) is 23.1 Å². The van der Waals surface area contributed by atoms with Crippen LogP contribution in [0.2, 0.25) is 0 Å². The molecule has 1 heterocycles. The SMILES string of the molecule is Nc1cc(Br)ccc1C(=O)N1CC(O)C[C@H]1C(=O)O. The van der Waals surface area contributed by atoms with E-state index in [0.29, 0.717) is 0 Å². The molecule has 0 radical (unpaired) electrons. The normalized spacial score (nSPS) is 22.5. The summed E-state index contributed by atoms with van der Waals surface area (Å²) in [6.07, 6.45) is -0.779. The van der Waals surface area contributed by atoms with E-state index in [-0.39, 0.29) is 24.2 Å². The van der Waals surface area contributed by atoms with Crippen LogP contribution in [0.5, 0.6) is 0 Å². The molecule has 0 spiro atoms. The van der Waals surface area contributed by atoms with Gasteiger partial charge in [-0.2, -0.15) is 0 Å². The number of aliphatic hydroxyl groups excluding tert-OH is 1. The number of hydrogen-bond acceptors (Lipinski definition) is 4. The van der Waals surface area contributed by atoms with Gasteiger partial charge in [0.1, 0.15) is 6.04 Å². The Kier molecular flexibility index (Phi) is 3.77. The molecule has 102 valence electrons. The summed E-state index contributed by atoms with van der Waals surface area (Å²) < 4.78 is 0.734. The van der Waals surface area contributed by atoms with Crippen molar-refractivity contribution in [1.82, 2.24) is 4.90 Å². The van der Waals surface area contributed by atoms with Crippen molar-refractivity contribution in [2.45, 2.75) is 18.6 Å². The second kappa shape index (κ2) is 5.18. The maximum Gasteiger partial charge on any atom is 0.326 e. The third kappa shape index (κ3) is 2.71. The van der Waals surface area contributed by atoms with E-state index in [0.717, 1.165) is 9.37 Å². The molecule has 1 aliphatic heterocycles. The molecular weight excluding hydrogens is 316 g/mol. The van der Waals surface area contributed by atoms with E-state index in [4.69, 9.17) is 10.8 Å². The largest absolute Gasteiger partial charge is 0.480 e. The van der Waals surface area contributed by atoms with Crippen LogP contribution in [-0.2, 0) is 4.79 Å². The number of nitrogen functional groups attached to an aromatic ring is 1. The lowest BCUT2D eigenvalue weighted by molar-refractivity contribution is -0.141. The Labute approximate surface area is 117 Å². The van der Waals surface area contributed by atoms with Crippen LogP contribution in [0.25, 0.3) is 0 Å². The number of likely N-dealkylation sites (tertiary alicyclic amines) is 1. The van der Waals surface area contributed by atoms with Crippen molar-refractivity contribution in [3.8, 4) is 0 Å². The first-order valence-electron chi connectivity index (χ1n) is 5.67. The highest BCUT2D eigenvalue weighted by molar-refractivity contribution is 9.10. The summed E-state index contributed by atoms with van der Waals surface area (Å²) in [5.74, 6) is -1.60. The molecule has 6 nitrogen and oxygen atoms in total. The van der Waals surface area contributed by atoms with Crippen molar-refractivity contribution in [2.75, 3.05) is 12.3 Å². The minimum atomic E-state index is -1.12. The van der Waals surface area contributed by atoms with Crippen LogP contribution in [0.1, 0.15) is 16.8 Å². The molecule has 2 rings (SSSR count). The lowest BCUT2D eigenvalue weighted by Gasteiger charge is -2.21. The number of aliphatic hydroxyl groups is 1. The van der Waals surface area contributed by atoms with Gasteiger partial charge in [-0.1, -0.05) is 15.9 Å². The van der Waals surface area contributed by atoms with E-state index in [2.05, 4.69) is 15.9 Å². The molecule has 1 fully saturated rings. The number of benzene rings is 1. The highest BCUT2D eigenvalue weighted by atomic mass is 79.9. The first-order chi connectivity index (χ1) is 8.90. The smallest absolute Gasteiger partial charge is 0.326 e. The Balaban J connectivity index is 2.30. The fraction of sp³-hybridized carbons (Fsp3) is 0.333. The summed E-state index contributed by atoms with van der Waals surface area (Å²) in [7, 11) is 0. The van der Waals surface area contributed by atoms with Gasteiger partial charge >= 0.3 is 5.97 Å². The summed E-state index contributed by atoms with van der Waals surface area (Å²) >= 11 is 3.23. The predicted molar refractivity (Wildman–Crippen MR) is 71.6 cm³/mol. The van der Waals surface area contributed by atoms with Crippen molar-refractivity contribution < 1.29 is 19.8 Å². The molecule has 7 heteroatoms. The fourth-order valence-corrected chi connectivity index (χ4v) is 2.53. The molecule has 0 bridgehead atoms. The molecule has 1 aromatic rings. The van der Waals surface area contributed by atoms with Gasteiger partial charge in [-0.05, 0) is 18.2 Å². The quantitative estimate of drug-likeness (QED) is 0.693. The summed E-state index contributed by atoms with van der Waals surface area (Å²) in [6, 6.07) is 3.76. The first kappa shape index (κ1) is 13.8. The number of carbonyl (C=O) groups is 2. The van der Waals surface area contributed by atoms with Gasteiger partial charge in [0.25, 0.3) is 5.91 Å². The van der Waals surface area contributed by atoms with Gasteiger partial charge in [-0.3, -0.25) is 4.79 Å². The number of carbonyl (C=O) groups excluding carboxylic acids is 1. The van der Waals surface area contributed by atoms with Gasteiger partial charge in [0.15, 0.2) is 0 Å². The second-order valence-corrected chi connectivity index (χ2v) is 5.35. The number of aliphatic carboxylic acids is 1. The predicted octanol–water partition coefficient (Wildman–Crippen LogP) is 0.691. The molecular formula is C12H13BrN2O4. The number of β-amino-alcohol motifs (C(OH)–C–C–N with tert-alkyl or cyclic N) is 1. The van der Waals surface area contributed by atoms with Gasteiger partial charge in [-0.15, -0.1) is 0 Å². The van der Waals surface area contributed by atoms with Crippen molar-refractivity contribution in [2.24, 2.45) is 0 Å². The summed E-state index contributed by atoms with van der Waals surface area (Å²) in [4.78, 5) is 24.5. The molecule has 19 heavy (non-hydrogen) atoms. The minimum Gasteiger partial charge on any atom is -0.480 e. The molecule has 0 aliphatic carbocycles. The van der Waals surface area contributed by atoms with Gasteiger partial charge in [-0.25, -0.2) is 4.79 Å². The Morgan fingerprint density at radius 3 is 2.68 bits per heavy atom. The van der Waals surface area contributed by atoms with E-state index < -0.39 is 24.0 Å². The van der Waals surface area contributed by atoms with Gasteiger partial charge in [0.05, 0.1) is 11.7 Å². The molecule has 1 unspecified atom stereocenters. The monoisotopic (exact) mass is 328 g/mol. The molecule has 0 saturated carbocycles. The second-order valence-electron chi connectivity index (χ2n) is 4.43. The third-order valence-corrected chi connectivity index (χ3v) is 3.56. The van der Waals surface area contributed by atoms with Crippen LogP contribution in [0, 0.1) is 0 Å². The average Bonchev–Trinajstić information content (AvgIpc) is 2.70.